The summed E-state index contributed by atoms with van der Waals surface area (Å²) in [7, 11) is 4.07. The van der Waals surface area contributed by atoms with Gasteiger partial charge in [-0.1, -0.05) is 32.0 Å². The standard InChI is InChI=1S/C16H23N3OS/c1-16(2,10-19(3)4)9-18-15(20)14-13(17)11-7-5-6-8-12(11)21-14/h5-8H,9-10,17H2,1-4H3,(H,18,20). The van der Waals surface area contributed by atoms with E-state index in [0.29, 0.717) is 17.1 Å². The van der Waals surface area contributed by atoms with E-state index in [0.717, 1.165) is 16.6 Å². The second-order valence-electron chi connectivity index (χ2n) is 6.43. The number of benzene rings is 1. The topological polar surface area (TPSA) is 58.4 Å². The Labute approximate surface area is 129 Å². The van der Waals surface area contributed by atoms with Crippen LogP contribution in [0.4, 0.5) is 5.69 Å². The predicted octanol–water partition coefficient (Wildman–Crippen LogP) is 2.80. The van der Waals surface area contributed by atoms with Gasteiger partial charge in [0, 0.05) is 23.2 Å². The van der Waals surface area contributed by atoms with Gasteiger partial charge in [-0.25, -0.2) is 0 Å². The van der Waals surface area contributed by atoms with Crippen molar-refractivity contribution in [3.05, 3.63) is 29.1 Å². The molecule has 2 rings (SSSR count). The predicted molar refractivity (Wildman–Crippen MR) is 90.9 cm³/mol. The van der Waals surface area contributed by atoms with Gasteiger partial charge in [-0.3, -0.25) is 4.79 Å². The van der Waals surface area contributed by atoms with Gasteiger partial charge in [0.2, 0.25) is 0 Å². The summed E-state index contributed by atoms with van der Waals surface area (Å²) in [5.41, 5.74) is 6.70. The minimum Gasteiger partial charge on any atom is -0.397 e. The summed E-state index contributed by atoms with van der Waals surface area (Å²) in [6.45, 7) is 5.82. The molecule has 4 nitrogen and oxygen atoms in total. The fourth-order valence-electron chi connectivity index (χ4n) is 2.55. The second-order valence-corrected chi connectivity index (χ2v) is 7.48. The van der Waals surface area contributed by atoms with Crippen LogP contribution in [0.3, 0.4) is 0 Å². The number of carbonyl (C=O) groups is 1. The van der Waals surface area contributed by atoms with E-state index in [2.05, 4.69) is 24.1 Å². The molecule has 1 heterocycles. The molecule has 1 aromatic heterocycles. The van der Waals surface area contributed by atoms with Crippen LogP contribution in [0.25, 0.3) is 10.1 Å². The summed E-state index contributed by atoms with van der Waals surface area (Å²) in [5, 5.41) is 3.97. The number of nitrogens with zero attached hydrogens (tertiary/aromatic N) is 1. The maximum Gasteiger partial charge on any atom is 0.263 e. The van der Waals surface area contributed by atoms with Crippen LogP contribution in [-0.4, -0.2) is 38.0 Å². The number of anilines is 1. The van der Waals surface area contributed by atoms with E-state index in [1.54, 1.807) is 0 Å². The third-order valence-corrected chi connectivity index (χ3v) is 4.50. The summed E-state index contributed by atoms with van der Waals surface area (Å²) in [6.07, 6.45) is 0. The number of hydrogen-bond donors (Lipinski definition) is 2. The van der Waals surface area contributed by atoms with Crippen molar-refractivity contribution in [3.63, 3.8) is 0 Å². The number of fused-ring (bicyclic) bond motifs is 1. The van der Waals surface area contributed by atoms with Crippen LogP contribution in [0, 0.1) is 5.41 Å². The molecule has 0 bridgehead atoms. The number of amides is 1. The van der Waals surface area contributed by atoms with Crippen molar-refractivity contribution in [2.45, 2.75) is 13.8 Å². The van der Waals surface area contributed by atoms with Gasteiger partial charge in [0.05, 0.1) is 5.69 Å². The summed E-state index contributed by atoms with van der Waals surface area (Å²) >= 11 is 1.45. The van der Waals surface area contributed by atoms with Gasteiger partial charge in [0.1, 0.15) is 4.88 Å². The lowest BCUT2D eigenvalue weighted by molar-refractivity contribution is 0.0934. The number of thiophene rings is 1. The van der Waals surface area contributed by atoms with Crippen molar-refractivity contribution < 1.29 is 4.79 Å². The smallest absolute Gasteiger partial charge is 0.263 e. The molecule has 0 aliphatic rings. The first-order valence-corrected chi connectivity index (χ1v) is 7.82. The minimum absolute atomic E-state index is 0.0185. The summed E-state index contributed by atoms with van der Waals surface area (Å²) in [4.78, 5) is 15.1. The lowest BCUT2D eigenvalue weighted by Crippen LogP contribution is -2.39. The Morgan fingerprint density at radius 1 is 1.33 bits per heavy atom. The molecule has 0 fully saturated rings. The number of nitrogens with one attached hydrogen (secondary N) is 1. The third-order valence-electron chi connectivity index (χ3n) is 3.31. The van der Waals surface area contributed by atoms with Crippen molar-refractivity contribution in [1.82, 2.24) is 10.2 Å². The molecular formula is C16H23N3OS. The van der Waals surface area contributed by atoms with E-state index < -0.39 is 0 Å². The van der Waals surface area contributed by atoms with E-state index in [4.69, 9.17) is 5.73 Å². The highest BCUT2D eigenvalue weighted by molar-refractivity contribution is 7.21. The molecule has 0 saturated carbocycles. The van der Waals surface area contributed by atoms with E-state index >= 15 is 0 Å². The van der Waals surface area contributed by atoms with Gasteiger partial charge < -0.3 is 16.0 Å². The third kappa shape index (κ3) is 3.74. The van der Waals surface area contributed by atoms with E-state index in [-0.39, 0.29) is 11.3 Å². The van der Waals surface area contributed by atoms with Gasteiger partial charge in [0.25, 0.3) is 5.91 Å². The second kappa shape index (κ2) is 6.03. The van der Waals surface area contributed by atoms with E-state index in [1.807, 2.05) is 38.4 Å². The van der Waals surface area contributed by atoms with E-state index in [1.165, 1.54) is 11.3 Å². The minimum atomic E-state index is -0.0828. The first kappa shape index (κ1) is 15.8. The zero-order chi connectivity index (χ0) is 15.6. The summed E-state index contributed by atoms with van der Waals surface area (Å²) in [6, 6.07) is 7.84. The molecule has 0 spiro atoms. The van der Waals surface area contributed by atoms with Crippen molar-refractivity contribution in [2.24, 2.45) is 5.41 Å². The van der Waals surface area contributed by atoms with Crippen LogP contribution in [-0.2, 0) is 0 Å². The Morgan fingerprint density at radius 2 is 2.00 bits per heavy atom. The quantitative estimate of drug-likeness (QED) is 0.893. The molecule has 2 aromatic rings. The molecule has 0 aliphatic heterocycles. The van der Waals surface area contributed by atoms with Crippen LogP contribution in [0.5, 0.6) is 0 Å². The number of nitrogens with two attached hydrogens (primary N) is 1. The Hall–Kier alpha value is -1.59. The van der Waals surface area contributed by atoms with Crippen LogP contribution in [0.1, 0.15) is 23.5 Å². The molecule has 1 aromatic carbocycles. The average molecular weight is 305 g/mol. The van der Waals surface area contributed by atoms with Crippen molar-refractivity contribution in [1.29, 1.82) is 0 Å². The Balaban J connectivity index is 2.11. The van der Waals surface area contributed by atoms with Gasteiger partial charge in [-0.2, -0.15) is 0 Å². The van der Waals surface area contributed by atoms with Gasteiger partial charge in [0.15, 0.2) is 0 Å². The van der Waals surface area contributed by atoms with Gasteiger partial charge in [-0.05, 0) is 25.6 Å². The van der Waals surface area contributed by atoms with Crippen LogP contribution in [0.15, 0.2) is 24.3 Å². The van der Waals surface area contributed by atoms with E-state index in [9.17, 15) is 4.79 Å². The molecule has 5 heteroatoms. The molecule has 0 radical (unpaired) electrons. The van der Waals surface area contributed by atoms with Gasteiger partial charge in [-0.15, -0.1) is 11.3 Å². The number of hydrogen-bond acceptors (Lipinski definition) is 4. The maximum atomic E-state index is 12.4. The molecule has 1 amide bonds. The molecule has 0 unspecified atom stereocenters. The van der Waals surface area contributed by atoms with Crippen LogP contribution < -0.4 is 11.1 Å². The highest BCUT2D eigenvalue weighted by atomic mass is 32.1. The zero-order valence-corrected chi connectivity index (χ0v) is 13.9. The SMILES string of the molecule is CN(C)CC(C)(C)CNC(=O)c1sc2ccccc2c1N. The fourth-order valence-corrected chi connectivity index (χ4v) is 3.59. The average Bonchev–Trinajstić information content (AvgIpc) is 2.73. The fraction of sp³-hybridized carbons (Fsp3) is 0.438. The normalized spacial score (nSPS) is 12.0. The molecule has 21 heavy (non-hydrogen) atoms. The summed E-state index contributed by atoms with van der Waals surface area (Å²) in [5.74, 6) is -0.0828. The molecule has 114 valence electrons. The largest absolute Gasteiger partial charge is 0.397 e. The lowest BCUT2D eigenvalue weighted by atomic mass is 9.93. The highest BCUT2D eigenvalue weighted by Crippen LogP contribution is 2.33. The molecular weight excluding hydrogens is 282 g/mol. The van der Waals surface area contributed by atoms with Crippen LogP contribution >= 0.6 is 11.3 Å². The number of rotatable bonds is 5. The highest BCUT2D eigenvalue weighted by Gasteiger charge is 2.22. The molecule has 0 atom stereocenters. The molecule has 0 aliphatic carbocycles. The first-order valence-electron chi connectivity index (χ1n) is 7.00. The maximum absolute atomic E-state index is 12.4. The van der Waals surface area contributed by atoms with Gasteiger partial charge >= 0.3 is 0 Å². The first-order chi connectivity index (χ1) is 9.80. The van der Waals surface area contributed by atoms with Crippen LogP contribution in [0.2, 0.25) is 0 Å². The van der Waals surface area contributed by atoms with Crippen molar-refractivity contribution in [2.75, 3.05) is 32.9 Å². The zero-order valence-electron chi connectivity index (χ0n) is 13.1. The number of carbonyl (C=O) groups excluding carboxylic acids is 1. The molecule has 3 N–H and O–H groups in total. The Bertz CT molecular complexity index is 646. The summed E-state index contributed by atoms with van der Waals surface area (Å²) < 4.78 is 1.05. The number of nitrogen functional groups attached to an aromatic ring is 1. The lowest BCUT2D eigenvalue weighted by Gasteiger charge is -2.28. The van der Waals surface area contributed by atoms with Crippen molar-refractivity contribution >= 4 is 33.0 Å². The Morgan fingerprint density at radius 3 is 2.62 bits per heavy atom. The van der Waals surface area contributed by atoms with Crippen molar-refractivity contribution in [3.8, 4) is 0 Å². The molecule has 0 saturated heterocycles. The monoisotopic (exact) mass is 305 g/mol. The Kier molecular flexibility index (Phi) is 4.54.